The van der Waals surface area contributed by atoms with Crippen LogP contribution in [0.5, 0.6) is 0 Å². The van der Waals surface area contributed by atoms with Gasteiger partial charge in [-0.2, -0.15) is 0 Å². The number of para-hydroxylation sites is 1. The lowest BCUT2D eigenvalue weighted by Gasteiger charge is -2.56. The Morgan fingerprint density at radius 3 is 2.77 bits per heavy atom. The summed E-state index contributed by atoms with van der Waals surface area (Å²) in [5.74, 6) is -0.342. The summed E-state index contributed by atoms with van der Waals surface area (Å²) >= 11 is 6.49. The highest BCUT2D eigenvalue weighted by atomic mass is 35.5. The molecule has 1 aromatic heterocycles. The van der Waals surface area contributed by atoms with Crippen LogP contribution in [0.3, 0.4) is 0 Å². The van der Waals surface area contributed by atoms with Gasteiger partial charge in [0.25, 0.3) is 0 Å². The average molecular weight is 735 g/mol. The van der Waals surface area contributed by atoms with Gasteiger partial charge < -0.3 is 24.6 Å². The van der Waals surface area contributed by atoms with Crippen molar-refractivity contribution in [1.29, 1.82) is 0 Å². The number of hydrogen-bond donors (Lipinski definition) is 3. The van der Waals surface area contributed by atoms with Crippen LogP contribution >= 0.6 is 11.6 Å². The first kappa shape index (κ1) is 35.9. The Labute approximate surface area is 310 Å². The molecule has 280 valence electrons. The highest BCUT2D eigenvalue weighted by molar-refractivity contribution is 6.33. The zero-order chi connectivity index (χ0) is 36.7. The number of rotatable bonds is 6. The minimum absolute atomic E-state index is 0.0354. The number of esters is 2. The first-order chi connectivity index (χ1) is 24.8. The second-order valence-electron chi connectivity index (χ2n) is 16.6. The number of carbonyl (C=O) groups excluding carboxylic acids is 2. The van der Waals surface area contributed by atoms with Gasteiger partial charge >= 0.3 is 11.9 Å². The van der Waals surface area contributed by atoms with E-state index < -0.39 is 47.6 Å². The molecule has 0 amide bonds. The Balaban J connectivity index is 1.04. The number of piperidine rings is 1. The van der Waals surface area contributed by atoms with E-state index in [1.807, 2.05) is 26.1 Å². The molecule has 3 fully saturated rings. The number of aromatic nitrogens is 1. The lowest BCUT2D eigenvalue weighted by Crippen LogP contribution is -2.66. The van der Waals surface area contributed by atoms with Crippen LogP contribution in [0, 0.1) is 29.6 Å². The van der Waals surface area contributed by atoms with Gasteiger partial charge in [-0.3, -0.25) is 29.8 Å². The third kappa shape index (κ3) is 5.87. The Hall–Kier alpha value is -3.06. The molecule has 0 spiro atoms. The molecule has 8 rings (SSSR count). The molecule has 3 unspecified atom stereocenters. The number of carbonyl (C=O) groups is 2. The van der Waals surface area contributed by atoms with Crippen molar-refractivity contribution in [1.82, 2.24) is 15.2 Å². The number of hydrogen-bond acceptors (Lipinski definition) is 11. The molecule has 2 saturated heterocycles. The lowest BCUT2D eigenvalue weighted by atomic mass is 9.55. The number of pyridine rings is 1. The number of fused-ring (bicyclic) bond motifs is 8. The van der Waals surface area contributed by atoms with Gasteiger partial charge in [0.1, 0.15) is 17.2 Å². The maximum absolute atomic E-state index is 14.2. The summed E-state index contributed by atoms with van der Waals surface area (Å²) in [4.78, 5) is 40.0. The van der Waals surface area contributed by atoms with E-state index in [-0.39, 0.29) is 30.1 Å². The molecule has 6 aliphatic rings. The monoisotopic (exact) mass is 734 g/mol. The molecule has 2 aromatic rings. The van der Waals surface area contributed by atoms with Crippen LogP contribution in [-0.2, 0) is 35.9 Å². The predicted octanol–water partition coefficient (Wildman–Crippen LogP) is 4.49. The summed E-state index contributed by atoms with van der Waals surface area (Å²) in [5.41, 5.74) is 1.42. The fourth-order valence-corrected chi connectivity index (χ4v) is 11.1. The molecule has 12 atom stereocenters. The zero-order valence-corrected chi connectivity index (χ0v) is 31.4. The topological polar surface area (TPSA) is 134 Å². The number of halogens is 1. The molecule has 1 aromatic carbocycles. The molecule has 12 heteroatoms. The van der Waals surface area contributed by atoms with Crippen LogP contribution < -0.4 is 10.4 Å². The predicted molar refractivity (Wildman–Crippen MR) is 194 cm³/mol. The van der Waals surface area contributed by atoms with E-state index in [2.05, 4.69) is 29.3 Å². The fourth-order valence-electron chi connectivity index (χ4n) is 10.8. The Kier molecular flexibility index (Phi) is 9.23. The minimum Gasteiger partial charge on any atom is -0.454 e. The van der Waals surface area contributed by atoms with Gasteiger partial charge in [-0.15, -0.1) is 0 Å². The molecule has 4 heterocycles. The van der Waals surface area contributed by atoms with Crippen molar-refractivity contribution in [2.75, 3.05) is 31.7 Å². The number of benzene rings is 1. The van der Waals surface area contributed by atoms with Gasteiger partial charge in [-0.25, -0.2) is 0 Å². The van der Waals surface area contributed by atoms with Crippen molar-refractivity contribution in [3.63, 3.8) is 0 Å². The van der Waals surface area contributed by atoms with Crippen molar-refractivity contribution < 1.29 is 34.1 Å². The third-order valence-electron chi connectivity index (χ3n) is 13.2. The second-order valence-corrected chi connectivity index (χ2v) is 17.0. The molecule has 52 heavy (non-hydrogen) atoms. The summed E-state index contributed by atoms with van der Waals surface area (Å²) in [6.45, 7) is 10.4. The van der Waals surface area contributed by atoms with Crippen LogP contribution in [-0.4, -0.2) is 88.8 Å². The Morgan fingerprint density at radius 1 is 1.17 bits per heavy atom. The number of ether oxygens (including phenoxy) is 2. The SMILES string of the molecule is CC(=O)O[C@@H]1C(C)=C[C@@H]2[C@H](C(C)CN3CC4Cc5cccnc5C(C4)C3)CC[C@@H](C)[C@]2(O)[C@H]1OC(=O)[C@@H]1C[C@@]2(O)c3cccc(Cl)c3N(C)O[C@H]2N1. The number of aliphatic hydroxyl groups is 2. The van der Waals surface area contributed by atoms with E-state index in [4.69, 9.17) is 30.9 Å². The lowest BCUT2D eigenvalue weighted by molar-refractivity contribution is -0.225. The molecule has 2 bridgehead atoms. The summed E-state index contributed by atoms with van der Waals surface area (Å²) < 4.78 is 12.2. The quantitative estimate of drug-likeness (QED) is 0.287. The largest absolute Gasteiger partial charge is 0.454 e. The first-order valence-corrected chi connectivity index (χ1v) is 19.3. The van der Waals surface area contributed by atoms with E-state index in [1.165, 1.54) is 29.7 Å². The van der Waals surface area contributed by atoms with Crippen molar-refractivity contribution in [3.05, 3.63) is 70.0 Å². The van der Waals surface area contributed by atoms with Crippen LogP contribution in [0.1, 0.15) is 76.1 Å². The smallest absolute Gasteiger partial charge is 0.323 e. The van der Waals surface area contributed by atoms with Crippen LogP contribution in [0.4, 0.5) is 5.69 Å². The minimum atomic E-state index is -1.56. The maximum atomic E-state index is 14.2. The normalized spacial score (nSPS) is 38.6. The van der Waals surface area contributed by atoms with Crippen LogP contribution in [0.25, 0.3) is 0 Å². The van der Waals surface area contributed by atoms with Crippen molar-refractivity contribution in [2.45, 2.75) is 101 Å². The number of likely N-dealkylation sites (tertiary alicyclic amines) is 1. The van der Waals surface area contributed by atoms with E-state index in [0.717, 1.165) is 44.5 Å². The maximum Gasteiger partial charge on any atom is 0.323 e. The van der Waals surface area contributed by atoms with Crippen LogP contribution in [0.2, 0.25) is 5.02 Å². The molecule has 11 nitrogen and oxygen atoms in total. The zero-order valence-electron chi connectivity index (χ0n) is 30.6. The van der Waals surface area contributed by atoms with Gasteiger partial charge in [-0.1, -0.05) is 49.7 Å². The number of anilines is 1. The molecule has 0 radical (unpaired) electrons. The first-order valence-electron chi connectivity index (χ1n) is 18.9. The second kappa shape index (κ2) is 13.4. The average Bonchev–Trinajstić information content (AvgIpc) is 3.45. The number of nitrogens with one attached hydrogen (secondary N) is 1. The summed E-state index contributed by atoms with van der Waals surface area (Å²) in [7, 11) is 1.70. The van der Waals surface area contributed by atoms with E-state index >= 15 is 0 Å². The Morgan fingerprint density at radius 2 is 1.98 bits per heavy atom. The van der Waals surface area contributed by atoms with E-state index in [1.54, 1.807) is 25.2 Å². The molecular weight excluding hydrogens is 684 g/mol. The summed E-state index contributed by atoms with van der Waals surface area (Å²) in [6, 6.07) is 8.56. The molecule has 3 aliphatic carbocycles. The highest BCUT2D eigenvalue weighted by Gasteiger charge is 2.62. The third-order valence-corrected chi connectivity index (χ3v) is 13.5. The standard InChI is InChI=1S/C40H51ClN4O7/c1-21-14-30-28(22(2)18-45-19-25-15-26-8-7-13-42-33(26)27(16-25)20-45)12-11-23(3)40(30,49)36(35(21)50-24(4)46)51-37(47)32-17-39(48)29-9-6-10-31(41)34(29)44(5)52-38(39)43-32/h6-10,13-14,22-23,25,27-28,30,32,35-36,38,43,48-49H,11-12,15-20H2,1-5H3/t22?,23-,25?,27?,28+,30-,32+,35-,36+,38-,39-,40-/m1/s1. The molecule has 3 N–H and O–H groups in total. The summed E-state index contributed by atoms with van der Waals surface area (Å²) in [5, 5.41) is 30.0. The fraction of sp³-hybridized carbons (Fsp3) is 0.625. The molecular formula is C40H51ClN4O7. The van der Waals surface area contributed by atoms with Crippen molar-refractivity contribution in [3.8, 4) is 0 Å². The van der Waals surface area contributed by atoms with Gasteiger partial charge in [0.2, 0.25) is 0 Å². The van der Waals surface area contributed by atoms with Gasteiger partial charge in [-0.05, 0) is 79.5 Å². The number of nitrogens with zero attached hydrogens (tertiary/aromatic N) is 3. The molecule has 1 saturated carbocycles. The van der Waals surface area contributed by atoms with E-state index in [0.29, 0.717) is 28.1 Å². The van der Waals surface area contributed by atoms with Gasteiger partial charge in [0, 0.05) is 69.3 Å². The van der Waals surface area contributed by atoms with Gasteiger partial charge in [0.15, 0.2) is 18.4 Å². The summed E-state index contributed by atoms with van der Waals surface area (Å²) in [6.07, 6.45) is 4.82. The van der Waals surface area contributed by atoms with Crippen LogP contribution in [0.15, 0.2) is 48.2 Å². The molecule has 3 aliphatic heterocycles. The van der Waals surface area contributed by atoms with Gasteiger partial charge in [0.05, 0.1) is 10.7 Å². The number of hydroxylamine groups is 1. The van der Waals surface area contributed by atoms with Crippen molar-refractivity contribution in [2.24, 2.45) is 29.6 Å². The van der Waals surface area contributed by atoms with E-state index in [9.17, 15) is 19.8 Å². The van der Waals surface area contributed by atoms with Crippen molar-refractivity contribution >= 4 is 29.2 Å². The highest BCUT2D eigenvalue weighted by Crippen LogP contribution is 2.53. The Bertz CT molecular complexity index is 1770.